The molecule has 0 aliphatic carbocycles. The summed E-state index contributed by atoms with van der Waals surface area (Å²) < 4.78 is 0. The van der Waals surface area contributed by atoms with Gasteiger partial charge in [-0.15, -0.1) is 0 Å². The van der Waals surface area contributed by atoms with E-state index in [1.165, 1.54) is 0 Å². The first-order valence-electron chi connectivity index (χ1n) is 11.9. The third-order valence-corrected chi connectivity index (χ3v) is 6.47. The number of H-pyrrole nitrogens is 1. The molecule has 0 bridgehead atoms. The topological polar surface area (TPSA) is 75.6 Å². The Labute approximate surface area is 211 Å². The van der Waals surface area contributed by atoms with Gasteiger partial charge in [-0.05, 0) is 40.9 Å². The summed E-state index contributed by atoms with van der Waals surface area (Å²) in [6.07, 6.45) is 0. The van der Waals surface area contributed by atoms with Gasteiger partial charge in [-0.2, -0.15) is 0 Å². The van der Waals surface area contributed by atoms with E-state index >= 15 is 0 Å². The van der Waals surface area contributed by atoms with E-state index < -0.39 is 7.12 Å². The maximum Gasteiger partial charge on any atom is 0.488 e. The van der Waals surface area contributed by atoms with E-state index in [0.717, 1.165) is 56.0 Å². The van der Waals surface area contributed by atoms with Gasteiger partial charge in [0.05, 0.1) is 11.0 Å². The smallest absolute Gasteiger partial charge is 0.423 e. The number of nitrogens with one attached hydrogen (secondary N) is 1. The van der Waals surface area contributed by atoms with Gasteiger partial charge in [-0.25, -0.2) is 4.98 Å². The SMILES string of the molecule is CN(C)c1cccc(-c2ccc(-c3cccc(N(C)C)c3)c3[nH]c(-c4ccc(B(O)O)cc4)nc23)c1. The highest BCUT2D eigenvalue weighted by Crippen LogP contribution is 2.37. The first kappa shape index (κ1) is 23.7. The van der Waals surface area contributed by atoms with Gasteiger partial charge in [0.1, 0.15) is 5.82 Å². The second-order valence-electron chi connectivity index (χ2n) is 9.35. The second kappa shape index (κ2) is 9.53. The van der Waals surface area contributed by atoms with Gasteiger partial charge in [0.15, 0.2) is 0 Å². The number of nitrogens with zero attached hydrogens (tertiary/aromatic N) is 3. The quantitative estimate of drug-likeness (QED) is 0.318. The normalized spacial score (nSPS) is 11.1. The molecule has 0 atom stereocenters. The van der Waals surface area contributed by atoms with Crippen LogP contribution in [0.3, 0.4) is 0 Å². The zero-order valence-corrected chi connectivity index (χ0v) is 20.9. The molecule has 0 aliphatic rings. The van der Waals surface area contributed by atoms with Crippen molar-refractivity contribution >= 4 is 35.0 Å². The second-order valence-corrected chi connectivity index (χ2v) is 9.35. The number of fused-ring (bicyclic) bond motifs is 1. The number of hydrogen-bond acceptors (Lipinski definition) is 5. The molecular formula is C29H29BN4O2. The third-order valence-electron chi connectivity index (χ3n) is 6.47. The molecule has 0 unspecified atom stereocenters. The Morgan fingerprint density at radius 2 is 1.22 bits per heavy atom. The Hall–Kier alpha value is -4.07. The zero-order chi connectivity index (χ0) is 25.4. The van der Waals surface area contributed by atoms with Crippen LogP contribution in [0.2, 0.25) is 0 Å². The zero-order valence-electron chi connectivity index (χ0n) is 20.9. The van der Waals surface area contributed by atoms with Crippen LogP contribution >= 0.6 is 0 Å². The summed E-state index contributed by atoms with van der Waals surface area (Å²) in [7, 11) is 6.65. The third kappa shape index (κ3) is 4.46. The van der Waals surface area contributed by atoms with E-state index in [1.54, 1.807) is 12.1 Å². The van der Waals surface area contributed by atoms with Crippen LogP contribution in [0.4, 0.5) is 11.4 Å². The number of imidazole rings is 1. The van der Waals surface area contributed by atoms with E-state index in [2.05, 4.69) is 75.4 Å². The number of benzene rings is 4. The van der Waals surface area contributed by atoms with E-state index in [-0.39, 0.29) is 0 Å². The van der Waals surface area contributed by atoms with Crippen LogP contribution in [0.1, 0.15) is 0 Å². The summed E-state index contributed by atoms with van der Waals surface area (Å²) in [6.45, 7) is 0. The first-order valence-corrected chi connectivity index (χ1v) is 11.9. The predicted octanol–water partition coefficient (Wildman–Crippen LogP) is 4.38. The molecule has 0 radical (unpaired) electrons. The molecule has 6 nitrogen and oxygen atoms in total. The number of rotatable bonds is 6. The summed E-state index contributed by atoms with van der Waals surface area (Å²) in [4.78, 5) is 12.8. The lowest BCUT2D eigenvalue weighted by molar-refractivity contribution is 0.426. The van der Waals surface area contributed by atoms with Crippen LogP contribution in [-0.4, -0.2) is 55.3 Å². The Morgan fingerprint density at radius 1 is 0.667 bits per heavy atom. The lowest BCUT2D eigenvalue weighted by Gasteiger charge is -2.15. The van der Waals surface area contributed by atoms with Crippen LogP contribution in [0.15, 0.2) is 84.9 Å². The van der Waals surface area contributed by atoms with Crippen LogP contribution in [0.25, 0.3) is 44.7 Å². The van der Waals surface area contributed by atoms with Gasteiger partial charge < -0.3 is 24.8 Å². The Bertz CT molecular complexity index is 1440. The van der Waals surface area contributed by atoms with Gasteiger partial charge in [-0.3, -0.25) is 0 Å². The Balaban J connectivity index is 1.72. The molecule has 5 aromatic rings. The molecule has 5 rings (SSSR count). The average molecular weight is 476 g/mol. The fourth-order valence-corrected chi connectivity index (χ4v) is 4.42. The predicted molar refractivity (Wildman–Crippen MR) is 151 cm³/mol. The van der Waals surface area contributed by atoms with Gasteiger partial charge >= 0.3 is 7.12 Å². The summed E-state index contributed by atoms with van der Waals surface area (Å²) in [6, 6.07) is 28.3. The maximum absolute atomic E-state index is 9.47. The van der Waals surface area contributed by atoms with Crippen molar-refractivity contribution in [3.8, 4) is 33.6 Å². The fraction of sp³-hybridized carbons (Fsp3) is 0.138. The molecule has 0 spiro atoms. The molecule has 4 aromatic carbocycles. The molecule has 36 heavy (non-hydrogen) atoms. The van der Waals surface area contributed by atoms with E-state index in [1.807, 2.05) is 40.3 Å². The minimum Gasteiger partial charge on any atom is -0.423 e. The molecule has 0 aliphatic heterocycles. The molecule has 1 aromatic heterocycles. The lowest BCUT2D eigenvalue weighted by Crippen LogP contribution is -2.29. The van der Waals surface area contributed by atoms with Crippen molar-refractivity contribution in [2.24, 2.45) is 0 Å². The van der Waals surface area contributed by atoms with Crippen molar-refractivity contribution < 1.29 is 10.0 Å². The van der Waals surface area contributed by atoms with E-state index in [9.17, 15) is 10.0 Å². The lowest BCUT2D eigenvalue weighted by atomic mass is 9.80. The molecule has 0 fully saturated rings. The van der Waals surface area contributed by atoms with Crippen molar-refractivity contribution in [2.75, 3.05) is 38.0 Å². The Morgan fingerprint density at radius 3 is 1.78 bits per heavy atom. The van der Waals surface area contributed by atoms with Crippen LogP contribution in [0.5, 0.6) is 0 Å². The molecule has 0 amide bonds. The van der Waals surface area contributed by atoms with Crippen molar-refractivity contribution in [3.63, 3.8) is 0 Å². The van der Waals surface area contributed by atoms with Crippen LogP contribution in [-0.2, 0) is 0 Å². The summed E-state index contributed by atoms with van der Waals surface area (Å²) in [5.41, 5.74) is 9.73. The van der Waals surface area contributed by atoms with E-state index in [0.29, 0.717) is 5.46 Å². The molecule has 0 saturated carbocycles. The van der Waals surface area contributed by atoms with Gasteiger partial charge in [0.2, 0.25) is 0 Å². The minimum absolute atomic E-state index is 0.442. The van der Waals surface area contributed by atoms with Crippen molar-refractivity contribution in [1.82, 2.24) is 9.97 Å². The average Bonchev–Trinajstić information content (AvgIpc) is 3.34. The number of anilines is 2. The van der Waals surface area contributed by atoms with Crippen LogP contribution in [0, 0.1) is 0 Å². The highest BCUT2D eigenvalue weighted by atomic mass is 16.4. The molecular weight excluding hydrogens is 447 g/mol. The standard InChI is InChI=1S/C29H29BN4O2/c1-33(2)23-9-5-7-20(17-23)25-15-16-26(21-8-6-10-24(18-21)34(3)4)28-27(25)31-29(32-28)19-11-13-22(14-12-19)30(35)36/h5-18,35-36H,1-4H3,(H,31,32). The minimum atomic E-state index is -1.50. The fourth-order valence-electron chi connectivity index (χ4n) is 4.42. The largest absolute Gasteiger partial charge is 0.488 e. The summed E-state index contributed by atoms with van der Waals surface area (Å²) in [5.74, 6) is 0.727. The van der Waals surface area contributed by atoms with Gasteiger partial charge in [0.25, 0.3) is 0 Å². The summed E-state index contributed by atoms with van der Waals surface area (Å²) >= 11 is 0. The molecule has 7 heteroatoms. The number of hydrogen-bond donors (Lipinski definition) is 3. The van der Waals surface area contributed by atoms with Crippen LogP contribution < -0.4 is 15.3 Å². The highest BCUT2D eigenvalue weighted by Gasteiger charge is 2.17. The maximum atomic E-state index is 9.47. The van der Waals surface area contributed by atoms with Crippen molar-refractivity contribution in [2.45, 2.75) is 0 Å². The monoisotopic (exact) mass is 476 g/mol. The molecule has 180 valence electrons. The van der Waals surface area contributed by atoms with Gasteiger partial charge in [0, 0.05) is 56.3 Å². The van der Waals surface area contributed by atoms with Gasteiger partial charge in [-0.1, -0.05) is 60.7 Å². The highest BCUT2D eigenvalue weighted by molar-refractivity contribution is 6.58. The molecule has 3 N–H and O–H groups in total. The Kier molecular flexibility index (Phi) is 6.26. The summed E-state index contributed by atoms with van der Waals surface area (Å²) in [5, 5.41) is 18.9. The van der Waals surface area contributed by atoms with E-state index in [4.69, 9.17) is 4.98 Å². The number of aromatic amines is 1. The van der Waals surface area contributed by atoms with Crippen molar-refractivity contribution in [3.05, 3.63) is 84.9 Å². The van der Waals surface area contributed by atoms with Crippen molar-refractivity contribution in [1.29, 1.82) is 0 Å². The first-order chi connectivity index (χ1) is 17.3. The number of aromatic nitrogens is 2. The molecule has 0 saturated heterocycles. The molecule has 1 heterocycles.